The number of hydrogen-bond acceptors (Lipinski definition) is 3. The second-order valence-corrected chi connectivity index (χ2v) is 4.30. The van der Waals surface area contributed by atoms with Crippen LogP contribution in [0.4, 0.5) is 0 Å². The van der Waals surface area contributed by atoms with Gasteiger partial charge in [0.1, 0.15) is 0 Å². The van der Waals surface area contributed by atoms with Crippen molar-refractivity contribution in [2.75, 3.05) is 6.54 Å². The van der Waals surface area contributed by atoms with E-state index in [0.29, 0.717) is 12.1 Å². The molecule has 4 heteroatoms. The highest BCUT2D eigenvalue weighted by Crippen LogP contribution is 2.25. The summed E-state index contributed by atoms with van der Waals surface area (Å²) in [4.78, 5) is 13.9. The maximum absolute atomic E-state index is 12.2. The van der Waals surface area contributed by atoms with E-state index in [0.717, 1.165) is 6.42 Å². The molecule has 0 saturated heterocycles. The Kier molecular flexibility index (Phi) is 4.37. The fraction of sp³-hybridized carbons (Fsp3) is 0.462. The zero-order valence-electron chi connectivity index (χ0n) is 10.5. The van der Waals surface area contributed by atoms with Gasteiger partial charge in [-0.25, -0.2) is 0 Å². The van der Waals surface area contributed by atoms with Crippen LogP contribution in [0.3, 0.4) is 0 Å². The first-order valence-corrected chi connectivity index (χ1v) is 5.80. The van der Waals surface area contributed by atoms with Gasteiger partial charge in [0, 0.05) is 18.2 Å². The monoisotopic (exact) mass is 237 g/mol. The second-order valence-electron chi connectivity index (χ2n) is 4.30. The van der Waals surface area contributed by atoms with Gasteiger partial charge in [-0.2, -0.15) is 0 Å². The largest absolute Gasteiger partial charge is 0.504 e. The third-order valence-electron chi connectivity index (χ3n) is 2.57. The van der Waals surface area contributed by atoms with Crippen LogP contribution < -0.4 is 0 Å². The summed E-state index contributed by atoms with van der Waals surface area (Å²) in [6.45, 7) is 6.59. The third kappa shape index (κ3) is 3.12. The van der Waals surface area contributed by atoms with Crippen LogP contribution in [0.5, 0.6) is 11.5 Å². The van der Waals surface area contributed by atoms with Crippen LogP contribution in [0.25, 0.3) is 0 Å². The van der Waals surface area contributed by atoms with Crippen molar-refractivity contribution in [2.24, 2.45) is 0 Å². The van der Waals surface area contributed by atoms with Crippen LogP contribution in [0, 0.1) is 0 Å². The van der Waals surface area contributed by atoms with Crippen molar-refractivity contribution in [3.8, 4) is 11.5 Å². The van der Waals surface area contributed by atoms with Gasteiger partial charge in [-0.1, -0.05) is 6.92 Å². The van der Waals surface area contributed by atoms with E-state index < -0.39 is 0 Å². The summed E-state index contributed by atoms with van der Waals surface area (Å²) in [5.41, 5.74) is 0.391. The lowest BCUT2D eigenvalue weighted by atomic mass is 10.1. The van der Waals surface area contributed by atoms with Crippen molar-refractivity contribution in [3.05, 3.63) is 23.8 Å². The number of phenols is 2. The van der Waals surface area contributed by atoms with Crippen molar-refractivity contribution < 1.29 is 15.0 Å². The number of amides is 1. The zero-order chi connectivity index (χ0) is 13.0. The van der Waals surface area contributed by atoms with Crippen molar-refractivity contribution in [2.45, 2.75) is 33.2 Å². The molecule has 0 radical (unpaired) electrons. The standard InChI is InChI=1S/C13H19NO3/c1-4-7-14(9(2)3)13(17)10-5-6-11(15)12(16)8-10/h5-6,8-9,15-16H,4,7H2,1-3H3. The highest BCUT2D eigenvalue weighted by atomic mass is 16.3. The van der Waals surface area contributed by atoms with Gasteiger partial charge in [0.15, 0.2) is 11.5 Å². The molecule has 0 aliphatic rings. The van der Waals surface area contributed by atoms with Crippen LogP contribution in [-0.2, 0) is 0 Å². The second kappa shape index (κ2) is 5.57. The number of benzene rings is 1. The first kappa shape index (κ1) is 13.4. The molecule has 0 aliphatic heterocycles. The molecule has 1 rings (SSSR count). The Morgan fingerprint density at radius 1 is 1.29 bits per heavy atom. The minimum absolute atomic E-state index is 0.110. The van der Waals surface area contributed by atoms with E-state index in [4.69, 9.17) is 0 Å². The minimum Gasteiger partial charge on any atom is -0.504 e. The van der Waals surface area contributed by atoms with E-state index in [-0.39, 0.29) is 23.4 Å². The molecule has 0 aromatic heterocycles. The summed E-state index contributed by atoms with van der Waals surface area (Å²) in [6, 6.07) is 4.25. The topological polar surface area (TPSA) is 60.8 Å². The summed E-state index contributed by atoms with van der Waals surface area (Å²) in [5, 5.41) is 18.6. The SMILES string of the molecule is CCCN(C(=O)c1ccc(O)c(O)c1)C(C)C. The Morgan fingerprint density at radius 2 is 1.94 bits per heavy atom. The first-order valence-electron chi connectivity index (χ1n) is 5.80. The lowest BCUT2D eigenvalue weighted by Gasteiger charge is -2.26. The Hall–Kier alpha value is -1.71. The molecule has 1 aromatic carbocycles. The number of carbonyl (C=O) groups excluding carboxylic acids is 1. The molecule has 1 aromatic rings. The highest BCUT2D eigenvalue weighted by Gasteiger charge is 2.18. The Balaban J connectivity index is 2.97. The van der Waals surface area contributed by atoms with E-state index in [2.05, 4.69) is 0 Å². The smallest absolute Gasteiger partial charge is 0.254 e. The van der Waals surface area contributed by atoms with Gasteiger partial charge in [0.2, 0.25) is 0 Å². The zero-order valence-corrected chi connectivity index (χ0v) is 10.5. The molecule has 2 N–H and O–H groups in total. The summed E-state index contributed by atoms with van der Waals surface area (Å²) in [6.07, 6.45) is 0.883. The molecule has 94 valence electrons. The lowest BCUT2D eigenvalue weighted by Crippen LogP contribution is -2.37. The number of carbonyl (C=O) groups is 1. The summed E-state index contributed by atoms with van der Waals surface area (Å²) >= 11 is 0. The highest BCUT2D eigenvalue weighted by molar-refractivity contribution is 5.95. The Bertz CT molecular complexity index is 402. The third-order valence-corrected chi connectivity index (χ3v) is 2.57. The quantitative estimate of drug-likeness (QED) is 0.790. The fourth-order valence-corrected chi connectivity index (χ4v) is 1.66. The Labute approximate surface area is 101 Å². The van der Waals surface area contributed by atoms with E-state index in [9.17, 15) is 15.0 Å². The van der Waals surface area contributed by atoms with Gasteiger partial charge in [-0.3, -0.25) is 4.79 Å². The van der Waals surface area contributed by atoms with Gasteiger partial charge in [-0.15, -0.1) is 0 Å². The van der Waals surface area contributed by atoms with Crippen LogP contribution in [-0.4, -0.2) is 33.6 Å². The number of nitrogens with zero attached hydrogens (tertiary/aromatic N) is 1. The van der Waals surface area contributed by atoms with Gasteiger partial charge in [0.25, 0.3) is 5.91 Å². The summed E-state index contributed by atoms with van der Waals surface area (Å²) in [7, 11) is 0. The number of aromatic hydroxyl groups is 2. The van der Waals surface area contributed by atoms with Crippen molar-refractivity contribution in [3.63, 3.8) is 0 Å². The van der Waals surface area contributed by atoms with Crippen LogP contribution in [0.1, 0.15) is 37.6 Å². The van der Waals surface area contributed by atoms with Crippen molar-refractivity contribution >= 4 is 5.91 Å². The lowest BCUT2D eigenvalue weighted by molar-refractivity contribution is 0.0705. The van der Waals surface area contributed by atoms with Crippen LogP contribution in [0.15, 0.2) is 18.2 Å². The molecular formula is C13H19NO3. The first-order chi connectivity index (χ1) is 7.97. The Morgan fingerprint density at radius 3 is 2.41 bits per heavy atom. The van der Waals surface area contributed by atoms with Gasteiger partial charge in [0.05, 0.1) is 0 Å². The number of phenolic OH excluding ortho intramolecular Hbond substituents is 2. The van der Waals surface area contributed by atoms with Crippen molar-refractivity contribution in [1.29, 1.82) is 0 Å². The fourth-order valence-electron chi connectivity index (χ4n) is 1.66. The molecule has 1 amide bonds. The molecule has 0 unspecified atom stereocenters. The van der Waals surface area contributed by atoms with Crippen molar-refractivity contribution in [1.82, 2.24) is 4.90 Å². The molecule has 0 saturated carbocycles. The van der Waals surface area contributed by atoms with Gasteiger partial charge in [-0.05, 0) is 38.5 Å². The van der Waals surface area contributed by atoms with Crippen LogP contribution >= 0.6 is 0 Å². The molecule has 0 aliphatic carbocycles. The molecule has 0 heterocycles. The van der Waals surface area contributed by atoms with E-state index in [1.165, 1.54) is 18.2 Å². The van der Waals surface area contributed by atoms with E-state index >= 15 is 0 Å². The molecule has 0 spiro atoms. The van der Waals surface area contributed by atoms with E-state index in [1.807, 2.05) is 20.8 Å². The number of hydrogen-bond donors (Lipinski definition) is 2. The summed E-state index contributed by atoms with van der Waals surface area (Å²) in [5.74, 6) is -0.610. The maximum Gasteiger partial charge on any atom is 0.254 e. The maximum atomic E-state index is 12.2. The average molecular weight is 237 g/mol. The number of rotatable bonds is 4. The normalized spacial score (nSPS) is 10.6. The predicted octanol–water partition coefficient (Wildman–Crippen LogP) is 2.36. The molecular weight excluding hydrogens is 218 g/mol. The predicted molar refractivity (Wildman–Crippen MR) is 66.2 cm³/mol. The van der Waals surface area contributed by atoms with Crippen LogP contribution in [0.2, 0.25) is 0 Å². The minimum atomic E-state index is -0.268. The summed E-state index contributed by atoms with van der Waals surface area (Å²) < 4.78 is 0. The molecule has 17 heavy (non-hydrogen) atoms. The van der Waals surface area contributed by atoms with E-state index in [1.54, 1.807) is 4.90 Å². The molecule has 0 bridgehead atoms. The molecule has 0 atom stereocenters. The van der Waals surface area contributed by atoms with Gasteiger partial charge < -0.3 is 15.1 Å². The average Bonchev–Trinajstić information content (AvgIpc) is 2.28. The molecule has 0 fully saturated rings. The van der Waals surface area contributed by atoms with Gasteiger partial charge >= 0.3 is 0 Å². The molecule has 4 nitrogen and oxygen atoms in total.